The first-order valence-electron chi connectivity index (χ1n) is 9.04. The lowest BCUT2D eigenvalue weighted by atomic mass is 9.97. The molecule has 0 saturated carbocycles. The van der Waals surface area contributed by atoms with Crippen LogP contribution in [0.25, 0.3) is 0 Å². The molecule has 0 aliphatic carbocycles. The number of thiazole rings is 1. The molecule has 1 aromatic carbocycles. The van der Waals surface area contributed by atoms with Crippen LogP contribution in [0.2, 0.25) is 5.02 Å². The van der Waals surface area contributed by atoms with Gasteiger partial charge in [-0.25, -0.2) is 13.4 Å². The molecule has 168 valence electrons. The molecule has 0 spiro atoms. The zero-order chi connectivity index (χ0) is 23.0. The number of Topliss-reactive ketones (excluding diaryl/α,β-unsaturated/α-hetero) is 1. The van der Waals surface area contributed by atoms with E-state index in [0.29, 0.717) is 6.07 Å². The number of rotatable bonds is 5. The molecular weight excluding hydrogens is 479 g/mol. The lowest BCUT2D eigenvalue weighted by Crippen LogP contribution is -2.41. The number of hydrogen-bond acceptors (Lipinski definition) is 6. The van der Waals surface area contributed by atoms with E-state index in [1.54, 1.807) is 0 Å². The topological polar surface area (TPSA) is 96.4 Å². The van der Waals surface area contributed by atoms with E-state index in [4.69, 9.17) is 11.6 Å². The Hall–Kier alpha value is -2.02. The van der Waals surface area contributed by atoms with Gasteiger partial charge in [0.15, 0.2) is 10.9 Å². The quantitative estimate of drug-likeness (QED) is 0.631. The van der Waals surface area contributed by atoms with Crippen molar-refractivity contribution < 1.29 is 31.2 Å². The Morgan fingerprint density at radius 1 is 1.26 bits per heavy atom. The second-order valence-corrected chi connectivity index (χ2v) is 10.1. The lowest BCUT2D eigenvalue weighted by Gasteiger charge is -2.30. The molecule has 31 heavy (non-hydrogen) atoms. The van der Waals surface area contributed by atoms with Crippen LogP contribution in [0.5, 0.6) is 0 Å². The van der Waals surface area contributed by atoms with E-state index in [-0.39, 0.29) is 48.4 Å². The van der Waals surface area contributed by atoms with E-state index in [0.717, 1.165) is 27.8 Å². The van der Waals surface area contributed by atoms with E-state index in [9.17, 15) is 31.2 Å². The molecule has 0 bridgehead atoms. The van der Waals surface area contributed by atoms with Crippen molar-refractivity contribution in [1.29, 1.82) is 0 Å². The summed E-state index contributed by atoms with van der Waals surface area (Å²) in [5, 5.41) is 3.82. The Kier molecular flexibility index (Phi) is 6.75. The van der Waals surface area contributed by atoms with Gasteiger partial charge in [0.1, 0.15) is 5.69 Å². The highest BCUT2D eigenvalue weighted by Crippen LogP contribution is 2.37. The van der Waals surface area contributed by atoms with E-state index < -0.39 is 37.6 Å². The fourth-order valence-electron chi connectivity index (χ4n) is 3.09. The molecule has 1 saturated heterocycles. The van der Waals surface area contributed by atoms with Crippen molar-refractivity contribution in [3.63, 3.8) is 0 Å². The summed E-state index contributed by atoms with van der Waals surface area (Å²) in [6.45, 7) is 1.30. The molecule has 1 amide bonds. The number of sulfonamides is 1. The fraction of sp³-hybridized carbons (Fsp3) is 0.389. The minimum absolute atomic E-state index is 0.0268. The van der Waals surface area contributed by atoms with Crippen LogP contribution in [0.4, 0.5) is 18.3 Å². The van der Waals surface area contributed by atoms with Crippen LogP contribution in [0.1, 0.15) is 35.8 Å². The van der Waals surface area contributed by atoms with Crippen LogP contribution >= 0.6 is 22.9 Å². The number of ketones is 1. The molecule has 0 radical (unpaired) electrons. The predicted molar refractivity (Wildman–Crippen MR) is 109 cm³/mol. The highest BCUT2D eigenvalue weighted by molar-refractivity contribution is 7.89. The Morgan fingerprint density at radius 2 is 1.90 bits per heavy atom. The SMILES string of the molecule is CC(=O)c1csc(NC(=O)C2CCN(S(=O)(=O)c3ccc(Cl)c(C(F)(F)F)c3)CC2)n1. The summed E-state index contributed by atoms with van der Waals surface area (Å²) in [5.41, 5.74) is -0.986. The Balaban J connectivity index is 1.67. The Bertz CT molecular complexity index is 1110. The van der Waals surface area contributed by atoms with Gasteiger partial charge in [-0.05, 0) is 31.0 Å². The van der Waals surface area contributed by atoms with Gasteiger partial charge < -0.3 is 5.32 Å². The van der Waals surface area contributed by atoms with Crippen LogP contribution in [0.3, 0.4) is 0 Å². The normalized spacial score (nSPS) is 16.3. The third kappa shape index (κ3) is 5.25. The first kappa shape index (κ1) is 23.6. The number of carbonyl (C=O) groups is 2. The zero-order valence-corrected chi connectivity index (χ0v) is 18.5. The maximum Gasteiger partial charge on any atom is 0.417 e. The average molecular weight is 496 g/mol. The predicted octanol–water partition coefficient (Wildman–Crippen LogP) is 4.06. The van der Waals surface area contributed by atoms with E-state index in [1.165, 1.54) is 12.3 Å². The summed E-state index contributed by atoms with van der Waals surface area (Å²) >= 11 is 6.66. The van der Waals surface area contributed by atoms with Crippen molar-refractivity contribution in [2.45, 2.75) is 30.8 Å². The molecule has 3 rings (SSSR count). The zero-order valence-electron chi connectivity index (χ0n) is 16.1. The molecule has 1 aliphatic heterocycles. The van der Waals surface area contributed by atoms with Crippen LogP contribution < -0.4 is 5.32 Å². The van der Waals surface area contributed by atoms with Gasteiger partial charge in [-0.1, -0.05) is 11.6 Å². The first-order valence-corrected chi connectivity index (χ1v) is 11.7. The van der Waals surface area contributed by atoms with Gasteiger partial charge in [0.25, 0.3) is 0 Å². The number of hydrogen-bond donors (Lipinski definition) is 1. The molecule has 0 unspecified atom stereocenters. The highest BCUT2D eigenvalue weighted by Gasteiger charge is 2.37. The molecule has 1 fully saturated rings. The third-order valence-corrected chi connectivity index (χ3v) is 7.78. The van der Waals surface area contributed by atoms with E-state index in [1.807, 2.05) is 0 Å². The Morgan fingerprint density at radius 3 is 2.45 bits per heavy atom. The smallest absolute Gasteiger partial charge is 0.302 e. The van der Waals surface area contributed by atoms with Crippen molar-refractivity contribution in [3.05, 3.63) is 39.9 Å². The van der Waals surface area contributed by atoms with Gasteiger partial charge in [-0.15, -0.1) is 11.3 Å². The standard InChI is InChI=1S/C18H17ClF3N3O4S2/c1-10(26)15-9-30-17(23-15)24-16(27)11-4-6-25(7-5-11)31(28,29)12-2-3-14(19)13(8-12)18(20,21)22/h2-3,8-9,11H,4-7H2,1H3,(H,23,24,27). The summed E-state index contributed by atoms with van der Waals surface area (Å²) in [5.74, 6) is -1.08. The number of alkyl halides is 3. The maximum atomic E-state index is 13.1. The highest BCUT2D eigenvalue weighted by atomic mass is 35.5. The van der Waals surface area contributed by atoms with Crippen molar-refractivity contribution in [1.82, 2.24) is 9.29 Å². The molecule has 2 aromatic rings. The Labute approximate surface area is 185 Å². The van der Waals surface area contributed by atoms with Crippen LogP contribution in [0.15, 0.2) is 28.5 Å². The number of carbonyl (C=O) groups excluding carboxylic acids is 2. The van der Waals surface area contributed by atoms with Crippen LogP contribution in [0, 0.1) is 5.92 Å². The fourth-order valence-corrected chi connectivity index (χ4v) is 5.56. The number of halogens is 4. The van der Waals surface area contributed by atoms with Crippen molar-refractivity contribution >= 4 is 49.8 Å². The summed E-state index contributed by atoms with van der Waals surface area (Å²) < 4.78 is 65.8. The number of nitrogens with one attached hydrogen (secondary N) is 1. The summed E-state index contributed by atoms with van der Waals surface area (Å²) in [7, 11) is -4.18. The summed E-state index contributed by atoms with van der Waals surface area (Å²) in [6, 6.07) is 2.45. The number of piperidine rings is 1. The lowest BCUT2D eigenvalue weighted by molar-refractivity contribution is -0.137. The minimum atomic E-state index is -4.79. The number of anilines is 1. The number of amides is 1. The van der Waals surface area contributed by atoms with Gasteiger partial charge in [0.2, 0.25) is 15.9 Å². The molecule has 1 N–H and O–H groups in total. The molecule has 2 heterocycles. The van der Waals surface area contributed by atoms with Gasteiger partial charge >= 0.3 is 6.18 Å². The molecule has 13 heteroatoms. The molecule has 7 nitrogen and oxygen atoms in total. The average Bonchev–Trinajstić information content (AvgIpc) is 3.16. The number of benzene rings is 1. The molecular formula is C18H17ClF3N3O4S2. The van der Waals surface area contributed by atoms with Gasteiger partial charge in [0.05, 0.1) is 15.5 Å². The second kappa shape index (κ2) is 8.85. The minimum Gasteiger partial charge on any atom is -0.302 e. The van der Waals surface area contributed by atoms with E-state index in [2.05, 4.69) is 10.3 Å². The molecule has 1 aliphatic rings. The van der Waals surface area contributed by atoms with Gasteiger partial charge in [0, 0.05) is 31.3 Å². The van der Waals surface area contributed by atoms with Gasteiger partial charge in [-0.3, -0.25) is 9.59 Å². The van der Waals surface area contributed by atoms with Crippen molar-refractivity contribution in [2.24, 2.45) is 5.92 Å². The largest absolute Gasteiger partial charge is 0.417 e. The first-order chi connectivity index (χ1) is 14.4. The number of nitrogens with zero attached hydrogens (tertiary/aromatic N) is 2. The van der Waals surface area contributed by atoms with E-state index >= 15 is 0 Å². The molecule has 0 atom stereocenters. The second-order valence-electron chi connectivity index (χ2n) is 6.90. The summed E-state index contributed by atoms with van der Waals surface area (Å²) in [4.78, 5) is 27.2. The monoisotopic (exact) mass is 495 g/mol. The van der Waals surface area contributed by atoms with Crippen molar-refractivity contribution in [3.8, 4) is 0 Å². The maximum absolute atomic E-state index is 13.1. The van der Waals surface area contributed by atoms with Gasteiger partial charge in [-0.2, -0.15) is 17.5 Å². The van der Waals surface area contributed by atoms with Crippen molar-refractivity contribution in [2.75, 3.05) is 18.4 Å². The number of aromatic nitrogens is 1. The summed E-state index contributed by atoms with van der Waals surface area (Å²) in [6.07, 6.45) is -4.41. The molecule has 1 aromatic heterocycles. The van der Waals surface area contributed by atoms with Crippen LogP contribution in [-0.4, -0.2) is 42.5 Å². The van der Waals surface area contributed by atoms with Crippen LogP contribution in [-0.2, 0) is 21.0 Å². The third-order valence-electron chi connectivity index (χ3n) is 4.80.